The van der Waals surface area contributed by atoms with Gasteiger partial charge in [0.2, 0.25) is 0 Å². The summed E-state index contributed by atoms with van der Waals surface area (Å²) in [5.74, 6) is 0. The van der Waals surface area contributed by atoms with Crippen LogP contribution in [0.1, 0.15) is 16.8 Å². The van der Waals surface area contributed by atoms with Crippen LogP contribution in [0.15, 0.2) is 69.3 Å². The Morgan fingerprint density at radius 2 is 1.42 bits per heavy atom. The van der Waals surface area contributed by atoms with E-state index in [0.29, 0.717) is 23.7 Å². The van der Waals surface area contributed by atoms with Gasteiger partial charge in [0, 0.05) is 11.1 Å². The molecule has 0 aliphatic heterocycles. The normalized spacial score (nSPS) is 13.6. The van der Waals surface area contributed by atoms with Gasteiger partial charge in [0.25, 0.3) is 0 Å². The first-order valence-corrected chi connectivity index (χ1v) is 7.44. The summed E-state index contributed by atoms with van der Waals surface area (Å²) in [6.07, 6.45) is 0. The zero-order valence-electron chi connectivity index (χ0n) is 12.6. The van der Waals surface area contributed by atoms with Crippen molar-refractivity contribution in [3.63, 3.8) is 0 Å². The zero-order chi connectivity index (χ0) is 16.5. The predicted molar refractivity (Wildman–Crippen MR) is 90.0 cm³/mol. The minimum absolute atomic E-state index is 0.315. The van der Waals surface area contributed by atoms with Crippen LogP contribution < -0.4 is 11.1 Å². The lowest BCUT2D eigenvalue weighted by molar-refractivity contribution is 0.131. The molecule has 0 bridgehead atoms. The van der Waals surface area contributed by atoms with Crippen LogP contribution in [-0.4, -0.2) is 15.7 Å². The Bertz CT molecular complexity index is 1050. The Morgan fingerprint density at radius 3 is 2.17 bits per heavy atom. The fraction of sp³-hybridized carbons (Fsp3) is 0.0556. The number of hydrogen-bond donors (Lipinski definition) is 2. The predicted octanol–water partition coefficient (Wildman–Crippen LogP) is 2.01. The van der Waals surface area contributed by atoms with Crippen LogP contribution in [0.3, 0.4) is 0 Å². The second-order valence-electron chi connectivity index (χ2n) is 5.40. The molecule has 118 valence electrons. The summed E-state index contributed by atoms with van der Waals surface area (Å²) >= 11 is 0. The molecule has 0 atom stereocenters. The monoisotopic (exact) mass is 319 g/mol. The quantitative estimate of drug-likeness (QED) is 0.447. The Kier molecular flexibility index (Phi) is 3.35. The van der Waals surface area contributed by atoms with E-state index in [0.717, 1.165) is 16.7 Å². The van der Waals surface area contributed by atoms with Crippen molar-refractivity contribution in [2.45, 2.75) is 6.61 Å². The summed E-state index contributed by atoms with van der Waals surface area (Å²) in [5.41, 5.74) is 2.73. The molecule has 0 unspecified atom stereocenters. The van der Waals surface area contributed by atoms with Gasteiger partial charge in [0.05, 0.1) is 11.4 Å². The van der Waals surface area contributed by atoms with E-state index in [9.17, 15) is 9.59 Å². The molecule has 0 saturated heterocycles. The molecule has 0 amide bonds. The molecule has 1 heterocycles. The molecule has 1 aliphatic carbocycles. The highest BCUT2D eigenvalue weighted by Gasteiger charge is 2.27. The van der Waals surface area contributed by atoms with Gasteiger partial charge in [-0.3, -0.25) is 9.59 Å². The molecule has 0 spiro atoms. The molecule has 0 saturated carbocycles. The van der Waals surface area contributed by atoms with Gasteiger partial charge in [0.1, 0.15) is 12.3 Å². The summed E-state index contributed by atoms with van der Waals surface area (Å²) in [6, 6.07) is 17.1. The van der Waals surface area contributed by atoms with Gasteiger partial charge >= 0.3 is 11.1 Å². The van der Waals surface area contributed by atoms with Crippen LogP contribution in [0.25, 0.3) is 11.3 Å². The van der Waals surface area contributed by atoms with E-state index >= 15 is 0 Å². The number of oxime groups is 1. The van der Waals surface area contributed by atoms with Gasteiger partial charge in [-0.1, -0.05) is 59.8 Å². The molecule has 24 heavy (non-hydrogen) atoms. The third-order valence-corrected chi connectivity index (χ3v) is 3.85. The van der Waals surface area contributed by atoms with Crippen LogP contribution in [0.4, 0.5) is 0 Å². The van der Waals surface area contributed by atoms with Crippen molar-refractivity contribution in [2.75, 3.05) is 0 Å². The lowest BCUT2D eigenvalue weighted by atomic mass is 10.1. The van der Waals surface area contributed by atoms with Crippen molar-refractivity contribution >= 4 is 5.71 Å². The van der Waals surface area contributed by atoms with E-state index in [-0.39, 0.29) is 0 Å². The van der Waals surface area contributed by atoms with Crippen LogP contribution in [0.5, 0.6) is 0 Å². The molecular weight excluding hydrogens is 306 g/mol. The minimum Gasteiger partial charge on any atom is -0.390 e. The van der Waals surface area contributed by atoms with Crippen molar-refractivity contribution in [3.05, 3.63) is 92.1 Å². The van der Waals surface area contributed by atoms with Gasteiger partial charge in [-0.25, -0.2) is 0 Å². The lowest BCUT2D eigenvalue weighted by Crippen LogP contribution is -2.31. The molecule has 4 rings (SSSR count). The maximum Gasteiger partial charge on any atom is 0.314 e. The van der Waals surface area contributed by atoms with E-state index in [4.69, 9.17) is 4.84 Å². The summed E-state index contributed by atoms with van der Waals surface area (Å²) in [4.78, 5) is 34.0. The Hall–Kier alpha value is -3.41. The molecule has 0 radical (unpaired) electrons. The fourth-order valence-electron chi connectivity index (χ4n) is 2.73. The van der Waals surface area contributed by atoms with Crippen LogP contribution in [-0.2, 0) is 11.4 Å². The number of aromatic amines is 2. The average Bonchev–Trinajstić information content (AvgIpc) is 2.90. The highest BCUT2D eigenvalue weighted by atomic mass is 16.6. The minimum atomic E-state index is -0.711. The number of fused-ring (bicyclic) bond motifs is 3. The van der Waals surface area contributed by atoms with Gasteiger partial charge in [-0.05, 0) is 5.56 Å². The van der Waals surface area contributed by atoms with Gasteiger partial charge in [0.15, 0.2) is 0 Å². The molecule has 2 N–H and O–H groups in total. The van der Waals surface area contributed by atoms with Gasteiger partial charge < -0.3 is 14.8 Å². The third-order valence-electron chi connectivity index (χ3n) is 3.85. The molecule has 0 fully saturated rings. The molecule has 6 nitrogen and oxygen atoms in total. The molecule has 3 aromatic rings. The molecule has 1 aliphatic rings. The SMILES string of the molecule is O=c1[nH]c2c([nH]c1=O)-c1ccccc1/C2=N/OCc1ccccc1. The molecule has 2 aromatic carbocycles. The van der Waals surface area contributed by atoms with E-state index in [1.165, 1.54) is 0 Å². The Morgan fingerprint density at radius 1 is 0.792 bits per heavy atom. The van der Waals surface area contributed by atoms with E-state index < -0.39 is 11.1 Å². The van der Waals surface area contributed by atoms with Crippen molar-refractivity contribution in [1.29, 1.82) is 0 Å². The third kappa shape index (κ3) is 2.34. The van der Waals surface area contributed by atoms with E-state index in [1.54, 1.807) is 0 Å². The number of H-pyrrole nitrogens is 2. The summed E-state index contributed by atoms with van der Waals surface area (Å²) < 4.78 is 0. The summed E-state index contributed by atoms with van der Waals surface area (Å²) in [7, 11) is 0. The highest BCUT2D eigenvalue weighted by Crippen LogP contribution is 2.32. The largest absolute Gasteiger partial charge is 0.390 e. The number of rotatable bonds is 3. The molecule has 1 aromatic heterocycles. The van der Waals surface area contributed by atoms with E-state index in [1.807, 2.05) is 54.6 Å². The zero-order valence-corrected chi connectivity index (χ0v) is 12.6. The Balaban J connectivity index is 1.76. The number of hydrogen-bond acceptors (Lipinski definition) is 4. The maximum atomic E-state index is 11.7. The van der Waals surface area contributed by atoms with Crippen molar-refractivity contribution in [3.8, 4) is 11.3 Å². The highest BCUT2D eigenvalue weighted by molar-refractivity contribution is 6.22. The van der Waals surface area contributed by atoms with Gasteiger partial charge in [-0.15, -0.1) is 0 Å². The number of benzene rings is 2. The topological polar surface area (TPSA) is 87.3 Å². The van der Waals surface area contributed by atoms with Crippen LogP contribution in [0, 0.1) is 0 Å². The van der Waals surface area contributed by atoms with Crippen LogP contribution >= 0.6 is 0 Å². The molecule has 6 heteroatoms. The van der Waals surface area contributed by atoms with Crippen molar-refractivity contribution in [1.82, 2.24) is 9.97 Å². The first kappa shape index (κ1) is 14.2. The summed E-state index contributed by atoms with van der Waals surface area (Å²) in [6.45, 7) is 0.315. The second-order valence-corrected chi connectivity index (χ2v) is 5.40. The van der Waals surface area contributed by atoms with E-state index in [2.05, 4.69) is 15.1 Å². The summed E-state index contributed by atoms with van der Waals surface area (Å²) in [5, 5.41) is 4.20. The Labute approximate surface area is 136 Å². The smallest absolute Gasteiger partial charge is 0.314 e. The number of nitrogens with one attached hydrogen (secondary N) is 2. The number of aromatic nitrogens is 2. The first-order chi connectivity index (χ1) is 11.7. The van der Waals surface area contributed by atoms with Crippen molar-refractivity contribution in [2.24, 2.45) is 5.16 Å². The first-order valence-electron chi connectivity index (χ1n) is 7.44. The lowest BCUT2D eigenvalue weighted by Gasteiger charge is -2.03. The standard InChI is InChI=1S/C18H13N3O3/c22-17-18(23)20-16-14(19-17)12-8-4-5-9-13(12)15(16)21-24-10-11-6-2-1-3-7-11/h1-9H,10H2,(H,19,22)(H,20,23)/b21-15-. The number of nitrogens with zero attached hydrogens (tertiary/aromatic N) is 1. The van der Waals surface area contributed by atoms with Crippen LogP contribution in [0.2, 0.25) is 0 Å². The average molecular weight is 319 g/mol. The van der Waals surface area contributed by atoms with Crippen molar-refractivity contribution < 1.29 is 4.84 Å². The fourth-order valence-corrected chi connectivity index (χ4v) is 2.73. The second kappa shape index (κ2) is 5.66. The van der Waals surface area contributed by atoms with Gasteiger partial charge in [-0.2, -0.15) is 0 Å². The maximum absolute atomic E-state index is 11.7. The molecular formula is C18H13N3O3.